The lowest BCUT2D eigenvalue weighted by atomic mass is 9.83. The molecule has 1 heterocycles. The highest BCUT2D eigenvalue weighted by atomic mass is 15.1. The van der Waals surface area contributed by atoms with Gasteiger partial charge in [0.2, 0.25) is 0 Å². The molecule has 2 heteroatoms. The first kappa shape index (κ1) is 16.5. The van der Waals surface area contributed by atoms with Crippen LogP contribution in [0.4, 0.5) is 0 Å². The van der Waals surface area contributed by atoms with Crippen molar-refractivity contribution in [2.24, 2.45) is 0 Å². The lowest BCUT2D eigenvalue weighted by molar-refractivity contribution is 0.191. The zero-order chi connectivity index (χ0) is 15.6. The molecule has 2 rings (SSSR count). The van der Waals surface area contributed by atoms with Crippen LogP contribution in [0.25, 0.3) is 0 Å². The Kier molecular flexibility index (Phi) is 5.11. The van der Waals surface area contributed by atoms with Gasteiger partial charge in [0.15, 0.2) is 0 Å². The Hall–Kier alpha value is -0.860. The molecule has 118 valence electrons. The summed E-state index contributed by atoms with van der Waals surface area (Å²) in [6, 6.07) is 5.50. The first-order valence-electron chi connectivity index (χ1n) is 8.30. The minimum absolute atomic E-state index is 0.231. The molecule has 0 unspecified atom stereocenters. The van der Waals surface area contributed by atoms with E-state index in [1.54, 1.807) is 0 Å². The Morgan fingerprint density at radius 3 is 2.10 bits per heavy atom. The van der Waals surface area contributed by atoms with Gasteiger partial charge < -0.3 is 5.32 Å². The highest BCUT2D eigenvalue weighted by Gasteiger charge is 2.20. The molecule has 1 N–H and O–H groups in total. The van der Waals surface area contributed by atoms with Gasteiger partial charge in [-0.3, -0.25) is 4.90 Å². The van der Waals surface area contributed by atoms with Crippen molar-refractivity contribution in [3.8, 4) is 0 Å². The number of hydrogen-bond acceptors (Lipinski definition) is 2. The smallest absolute Gasteiger partial charge is 0.0238 e. The van der Waals surface area contributed by atoms with Gasteiger partial charge in [-0.2, -0.15) is 0 Å². The number of nitrogens with zero attached hydrogens (tertiary/aromatic N) is 1. The van der Waals surface area contributed by atoms with Crippen LogP contribution in [0.3, 0.4) is 0 Å². The summed E-state index contributed by atoms with van der Waals surface area (Å²) in [7, 11) is 2.28. The fourth-order valence-electron chi connectivity index (χ4n) is 3.30. The van der Waals surface area contributed by atoms with E-state index in [0.29, 0.717) is 0 Å². The van der Waals surface area contributed by atoms with E-state index in [1.165, 1.54) is 35.1 Å². The van der Waals surface area contributed by atoms with Crippen molar-refractivity contribution in [1.29, 1.82) is 0 Å². The normalized spacial score (nSPS) is 17.5. The minimum atomic E-state index is 0.231. The summed E-state index contributed by atoms with van der Waals surface area (Å²) in [5.74, 6) is 0. The van der Waals surface area contributed by atoms with Gasteiger partial charge >= 0.3 is 0 Å². The molecule has 1 aliphatic heterocycles. The molecule has 1 aliphatic rings. The van der Waals surface area contributed by atoms with E-state index in [4.69, 9.17) is 0 Å². The van der Waals surface area contributed by atoms with Gasteiger partial charge in [-0.05, 0) is 74.5 Å². The van der Waals surface area contributed by atoms with E-state index in [1.807, 2.05) is 0 Å². The van der Waals surface area contributed by atoms with E-state index < -0.39 is 0 Å². The number of piperidine rings is 1. The number of aryl methyl sites for hydroxylation is 2. The largest absolute Gasteiger partial charge is 0.317 e. The van der Waals surface area contributed by atoms with Crippen LogP contribution in [0.5, 0.6) is 0 Å². The van der Waals surface area contributed by atoms with Crippen LogP contribution in [0.15, 0.2) is 12.1 Å². The molecular weight excluding hydrogens is 256 g/mol. The molecule has 1 fully saturated rings. The van der Waals surface area contributed by atoms with Crippen LogP contribution in [0.2, 0.25) is 0 Å². The standard InChI is InChI=1S/C19H32N2/c1-14-11-16(19(3,4)5)12-15(2)18(14)13-21(6)17-7-9-20-10-8-17/h11-12,17,20H,7-10,13H2,1-6H3. The molecule has 0 aromatic heterocycles. The minimum Gasteiger partial charge on any atom is -0.317 e. The number of nitrogens with one attached hydrogen (secondary N) is 1. The second kappa shape index (κ2) is 6.50. The number of benzene rings is 1. The summed E-state index contributed by atoms with van der Waals surface area (Å²) in [6.45, 7) is 14.8. The molecule has 1 aromatic rings. The molecule has 0 amide bonds. The highest BCUT2D eigenvalue weighted by Crippen LogP contribution is 2.28. The fourth-order valence-corrected chi connectivity index (χ4v) is 3.30. The zero-order valence-electron chi connectivity index (χ0n) is 14.7. The average molecular weight is 288 g/mol. The summed E-state index contributed by atoms with van der Waals surface area (Å²) in [5.41, 5.74) is 6.09. The lowest BCUT2D eigenvalue weighted by Crippen LogP contribution is -2.40. The Balaban J connectivity index is 2.16. The van der Waals surface area contributed by atoms with Crippen molar-refractivity contribution in [3.63, 3.8) is 0 Å². The first-order chi connectivity index (χ1) is 9.79. The van der Waals surface area contributed by atoms with Crippen molar-refractivity contribution < 1.29 is 0 Å². The van der Waals surface area contributed by atoms with Gasteiger partial charge in [0.05, 0.1) is 0 Å². The number of rotatable bonds is 3. The van der Waals surface area contributed by atoms with Gasteiger partial charge in [-0.25, -0.2) is 0 Å². The lowest BCUT2D eigenvalue weighted by Gasteiger charge is -2.33. The van der Waals surface area contributed by atoms with E-state index in [2.05, 4.69) is 64.0 Å². The van der Waals surface area contributed by atoms with Crippen molar-refractivity contribution in [2.45, 2.75) is 65.5 Å². The summed E-state index contributed by atoms with van der Waals surface area (Å²) in [5, 5.41) is 3.45. The molecule has 1 aromatic carbocycles. The quantitative estimate of drug-likeness (QED) is 0.910. The molecule has 1 saturated heterocycles. The predicted octanol–water partition coefficient (Wildman–Crippen LogP) is 3.78. The Labute approximate surface area is 130 Å². The fraction of sp³-hybridized carbons (Fsp3) is 0.684. The van der Waals surface area contributed by atoms with Gasteiger partial charge in [0.25, 0.3) is 0 Å². The zero-order valence-corrected chi connectivity index (χ0v) is 14.7. The van der Waals surface area contributed by atoms with Crippen LogP contribution in [-0.2, 0) is 12.0 Å². The highest BCUT2D eigenvalue weighted by molar-refractivity contribution is 5.40. The summed E-state index contributed by atoms with van der Waals surface area (Å²) < 4.78 is 0. The topological polar surface area (TPSA) is 15.3 Å². The third-order valence-electron chi connectivity index (χ3n) is 4.90. The van der Waals surface area contributed by atoms with Crippen LogP contribution in [0, 0.1) is 13.8 Å². The average Bonchev–Trinajstić information content (AvgIpc) is 2.42. The van der Waals surface area contributed by atoms with Crippen LogP contribution < -0.4 is 5.32 Å². The number of hydrogen-bond donors (Lipinski definition) is 1. The second-order valence-corrected chi connectivity index (χ2v) is 7.73. The van der Waals surface area contributed by atoms with Gasteiger partial charge in [-0.15, -0.1) is 0 Å². The molecule has 0 spiro atoms. The van der Waals surface area contributed by atoms with Crippen molar-refractivity contribution in [2.75, 3.05) is 20.1 Å². The SMILES string of the molecule is Cc1cc(C(C)(C)C)cc(C)c1CN(C)C1CCNCC1. The first-order valence-corrected chi connectivity index (χ1v) is 8.30. The van der Waals surface area contributed by atoms with Crippen LogP contribution in [-0.4, -0.2) is 31.1 Å². The van der Waals surface area contributed by atoms with Crippen molar-refractivity contribution >= 4 is 0 Å². The van der Waals surface area contributed by atoms with Crippen LogP contribution in [0.1, 0.15) is 55.9 Å². The maximum Gasteiger partial charge on any atom is 0.0238 e. The second-order valence-electron chi connectivity index (χ2n) is 7.73. The van der Waals surface area contributed by atoms with E-state index in [-0.39, 0.29) is 5.41 Å². The van der Waals surface area contributed by atoms with Gasteiger partial charge in [-0.1, -0.05) is 32.9 Å². The summed E-state index contributed by atoms with van der Waals surface area (Å²) in [4.78, 5) is 2.55. The summed E-state index contributed by atoms with van der Waals surface area (Å²) in [6.07, 6.45) is 2.54. The molecule has 21 heavy (non-hydrogen) atoms. The van der Waals surface area contributed by atoms with Crippen molar-refractivity contribution in [1.82, 2.24) is 10.2 Å². The Morgan fingerprint density at radius 1 is 1.10 bits per heavy atom. The van der Waals surface area contributed by atoms with E-state index in [0.717, 1.165) is 25.7 Å². The van der Waals surface area contributed by atoms with Crippen LogP contribution >= 0.6 is 0 Å². The van der Waals surface area contributed by atoms with E-state index >= 15 is 0 Å². The molecular formula is C19H32N2. The monoisotopic (exact) mass is 288 g/mol. The maximum absolute atomic E-state index is 3.45. The van der Waals surface area contributed by atoms with Gasteiger partial charge in [0.1, 0.15) is 0 Å². The summed E-state index contributed by atoms with van der Waals surface area (Å²) >= 11 is 0. The molecule has 0 atom stereocenters. The third kappa shape index (κ3) is 4.08. The maximum atomic E-state index is 3.45. The molecule has 0 bridgehead atoms. The Morgan fingerprint density at radius 2 is 1.62 bits per heavy atom. The molecule has 0 aliphatic carbocycles. The molecule has 0 radical (unpaired) electrons. The molecule has 2 nitrogen and oxygen atoms in total. The van der Waals surface area contributed by atoms with Gasteiger partial charge in [0, 0.05) is 12.6 Å². The Bertz CT molecular complexity index is 456. The molecule has 0 saturated carbocycles. The predicted molar refractivity (Wildman–Crippen MR) is 92.0 cm³/mol. The van der Waals surface area contributed by atoms with Crippen molar-refractivity contribution in [3.05, 3.63) is 34.4 Å². The third-order valence-corrected chi connectivity index (χ3v) is 4.90. The van der Waals surface area contributed by atoms with E-state index in [9.17, 15) is 0 Å².